The Labute approximate surface area is 112 Å². The van der Waals surface area contributed by atoms with E-state index in [0.717, 1.165) is 30.0 Å². The van der Waals surface area contributed by atoms with Gasteiger partial charge in [-0.15, -0.1) is 0 Å². The van der Waals surface area contributed by atoms with Gasteiger partial charge < -0.3 is 5.32 Å². The van der Waals surface area contributed by atoms with Crippen LogP contribution in [0.3, 0.4) is 0 Å². The van der Waals surface area contributed by atoms with Gasteiger partial charge in [-0.2, -0.15) is 0 Å². The van der Waals surface area contributed by atoms with Crippen LogP contribution in [0.15, 0.2) is 30.3 Å². The molecule has 0 aliphatic rings. The fourth-order valence-corrected chi connectivity index (χ4v) is 1.88. The number of anilines is 1. The van der Waals surface area contributed by atoms with Gasteiger partial charge in [-0.3, -0.25) is 0 Å². The molecule has 1 N–H and O–H groups in total. The highest BCUT2D eigenvalue weighted by Crippen LogP contribution is 2.11. The van der Waals surface area contributed by atoms with Gasteiger partial charge in [0.05, 0.1) is 0 Å². The van der Waals surface area contributed by atoms with Crippen molar-refractivity contribution in [3.05, 3.63) is 53.2 Å². The van der Waals surface area contributed by atoms with Crippen LogP contribution in [0.25, 0.3) is 0 Å². The average Bonchev–Trinajstić information content (AvgIpc) is 2.35. The van der Waals surface area contributed by atoms with Gasteiger partial charge in [0.2, 0.25) is 0 Å². The van der Waals surface area contributed by atoms with E-state index in [2.05, 4.69) is 22.2 Å². The summed E-state index contributed by atoms with van der Waals surface area (Å²) in [7, 11) is 0. The lowest BCUT2D eigenvalue weighted by atomic mass is 10.1. The second kappa shape index (κ2) is 6.27. The Kier molecular flexibility index (Phi) is 4.44. The Hall–Kier alpha value is -1.97. The van der Waals surface area contributed by atoms with E-state index in [4.69, 9.17) is 0 Å². The highest BCUT2D eigenvalue weighted by atomic mass is 19.1. The highest BCUT2D eigenvalue weighted by molar-refractivity contribution is 5.36. The molecule has 1 aromatic carbocycles. The number of hydrogen-bond donors (Lipinski definition) is 1. The number of aryl methyl sites for hydroxylation is 1. The molecule has 0 aliphatic carbocycles. The smallest absolute Gasteiger partial charge is 0.135 e. The lowest BCUT2D eigenvalue weighted by molar-refractivity contribution is 0.625. The molecule has 100 valence electrons. The maximum Gasteiger partial charge on any atom is 0.135 e. The lowest BCUT2D eigenvalue weighted by Gasteiger charge is -2.08. The molecule has 0 amide bonds. The summed E-state index contributed by atoms with van der Waals surface area (Å²) in [5.41, 5.74) is 1.80. The third-order valence-electron chi connectivity index (χ3n) is 2.71. The quantitative estimate of drug-likeness (QED) is 0.895. The zero-order valence-electron chi connectivity index (χ0n) is 11.3. The summed E-state index contributed by atoms with van der Waals surface area (Å²) in [6.45, 7) is 4.93. The lowest BCUT2D eigenvalue weighted by Crippen LogP contribution is -2.06. The van der Waals surface area contributed by atoms with Gasteiger partial charge in [0.1, 0.15) is 17.5 Å². The van der Waals surface area contributed by atoms with E-state index in [-0.39, 0.29) is 5.82 Å². The minimum absolute atomic E-state index is 0.227. The maximum atomic E-state index is 13.1. The first-order valence-electron chi connectivity index (χ1n) is 6.50. The van der Waals surface area contributed by atoms with Gasteiger partial charge in [-0.05, 0) is 31.0 Å². The fraction of sp³-hybridized carbons (Fsp3) is 0.333. The molecular formula is C15H18FN3. The standard InChI is InChI=1S/C15H18FN3/c1-3-7-17-14-8-11(2)18-15(19-14)10-12-5-4-6-13(16)9-12/h4-6,8-9H,3,7,10H2,1-2H3,(H,17,18,19). The van der Waals surface area contributed by atoms with Crippen molar-refractivity contribution in [1.29, 1.82) is 0 Å². The van der Waals surface area contributed by atoms with Crippen molar-refractivity contribution >= 4 is 5.82 Å². The van der Waals surface area contributed by atoms with Crippen molar-refractivity contribution in [2.24, 2.45) is 0 Å². The monoisotopic (exact) mass is 259 g/mol. The summed E-state index contributed by atoms with van der Waals surface area (Å²) in [5.74, 6) is 1.32. The van der Waals surface area contributed by atoms with Gasteiger partial charge in [0.25, 0.3) is 0 Å². The van der Waals surface area contributed by atoms with Gasteiger partial charge in [0, 0.05) is 24.7 Å². The minimum atomic E-state index is -0.227. The maximum absolute atomic E-state index is 13.1. The summed E-state index contributed by atoms with van der Waals surface area (Å²) in [4.78, 5) is 8.84. The van der Waals surface area contributed by atoms with Crippen LogP contribution in [0.4, 0.5) is 10.2 Å². The van der Waals surface area contributed by atoms with Crippen LogP contribution in [0.5, 0.6) is 0 Å². The summed E-state index contributed by atoms with van der Waals surface area (Å²) in [5, 5.41) is 3.25. The molecule has 0 saturated carbocycles. The molecule has 2 rings (SSSR count). The predicted molar refractivity (Wildman–Crippen MR) is 74.8 cm³/mol. The number of hydrogen-bond acceptors (Lipinski definition) is 3. The SMILES string of the molecule is CCCNc1cc(C)nc(Cc2cccc(F)c2)n1. The van der Waals surface area contributed by atoms with Gasteiger partial charge in [-0.1, -0.05) is 19.1 Å². The number of benzene rings is 1. The first kappa shape index (κ1) is 13.5. The molecule has 0 unspecified atom stereocenters. The third kappa shape index (κ3) is 4.02. The summed E-state index contributed by atoms with van der Waals surface area (Å²) in [6, 6.07) is 8.47. The molecule has 4 heteroatoms. The normalized spacial score (nSPS) is 10.5. The van der Waals surface area contributed by atoms with Crippen molar-refractivity contribution in [2.45, 2.75) is 26.7 Å². The Morgan fingerprint density at radius 3 is 2.79 bits per heavy atom. The molecule has 0 fully saturated rings. The molecule has 2 aromatic rings. The zero-order chi connectivity index (χ0) is 13.7. The Morgan fingerprint density at radius 1 is 1.21 bits per heavy atom. The van der Waals surface area contributed by atoms with E-state index in [1.807, 2.05) is 19.1 Å². The van der Waals surface area contributed by atoms with E-state index < -0.39 is 0 Å². The second-order valence-corrected chi connectivity index (χ2v) is 4.54. The van der Waals surface area contributed by atoms with Crippen molar-refractivity contribution in [2.75, 3.05) is 11.9 Å². The largest absolute Gasteiger partial charge is 0.370 e. The summed E-state index contributed by atoms with van der Waals surface area (Å²) in [6.07, 6.45) is 1.59. The Bertz CT molecular complexity index is 555. The number of rotatable bonds is 5. The second-order valence-electron chi connectivity index (χ2n) is 4.54. The molecule has 0 radical (unpaired) electrons. The van der Waals surface area contributed by atoms with Crippen LogP contribution in [0.2, 0.25) is 0 Å². The Balaban J connectivity index is 2.17. The van der Waals surface area contributed by atoms with Crippen molar-refractivity contribution < 1.29 is 4.39 Å². The number of halogens is 1. The average molecular weight is 259 g/mol. The zero-order valence-corrected chi connectivity index (χ0v) is 11.3. The van der Waals surface area contributed by atoms with Gasteiger partial charge in [-0.25, -0.2) is 14.4 Å². The van der Waals surface area contributed by atoms with Crippen LogP contribution < -0.4 is 5.32 Å². The van der Waals surface area contributed by atoms with Crippen LogP contribution in [0, 0.1) is 12.7 Å². The molecule has 0 bridgehead atoms. The van der Waals surface area contributed by atoms with Gasteiger partial charge >= 0.3 is 0 Å². The molecule has 0 spiro atoms. The van der Waals surface area contributed by atoms with E-state index in [9.17, 15) is 4.39 Å². The van der Waals surface area contributed by atoms with Crippen LogP contribution >= 0.6 is 0 Å². The molecular weight excluding hydrogens is 241 g/mol. The highest BCUT2D eigenvalue weighted by Gasteiger charge is 2.04. The topological polar surface area (TPSA) is 37.8 Å². The number of aromatic nitrogens is 2. The molecule has 3 nitrogen and oxygen atoms in total. The van der Waals surface area contributed by atoms with Gasteiger partial charge in [0.15, 0.2) is 0 Å². The van der Waals surface area contributed by atoms with Crippen LogP contribution in [-0.4, -0.2) is 16.5 Å². The molecule has 0 saturated heterocycles. The van der Waals surface area contributed by atoms with Crippen molar-refractivity contribution in [3.63, 3.8) is 0 Å². The molecule has 0 atom stereocenters. The van der Waals surface area contributed by atoms with Crippen molar-refractivity contribution in [3.8, 4) is 0 Å². The van der Waals surface area contributed by atoms with E-state index in [1.165, 1.54) is 12.1 Å². The summed E-state index contributed by atoms with van der Waals surface area (Å²) < 4.78 is 13.1. The predicted octanol–water partition coefficient (Wildman–Crippen LogP) is 3.34. The number of nitrogens with one attached hydrogen (secondary N) is 1. The van der Waals surface area contributed by atoms with Crippen molar-refractivity contribution in [1.82, 2.24) is 9.97 Å². The van der Waals surface area contributed by atoms with Crippen LogP contribution in [-0.2, 0) is 6.42 Å². The first-order chi connectivity index (χ1) is 9.17. The molecule has 1 heterocycles. The first-order valence-corrected chi connectivity index (χ1v) is 6.50. The molecule has 19 heavy (non-hydrogen) atoms. The minimum Gasteiger partial charge on any atom is -0.370 e. The number of nitrogens with zero attached hydrogens (tertiary/aromatic N) is 2. The van der Waals surface area contributed by atoms with E-state index in [1.54, 1.807) is 6.07 Å². The summed E-state index contributed by atoms with van der Waals surface area (Å²) >= 11 is 0. The Morgan fingerprint density at radius 2 is 2.05 bits per heavy atom. The van der Waals surface area contributed by atoms with E-state index in [0.29, 0.717) is 12.2 Å². The fourth-order valence-electron chi connectivity index (χ4n) is 1.88. The molecule has 1 aromatic heterocycles. The third-order valence-corrected chi connectivity index (χ3v) is 2.71. The molecule has 0 aliphatic heterocycles. The van der Waals surface area contributed by atoms with E-state index >= 15 is 0 Å². The van der Waals surface area contributed by atoms with Crippen LogP contribution in [0.1, 0.15) is 30.4 Å².